The van der Waals surface area contributed by atoms with Crippen molar-refractivity contribution in [2.75, 3.05) is 18.4 Å². The lowest BCUT2D eigenvalue weighted by Gasteiger charge is -2.23. The first-order valence-electron chi connectivity index (χ1n) is 7.73. The largest absolute Gasteiger partial charge is 0.324 e. The Morgan fingerprint density at radius 1 is 1.29 bits per heavy atom. The van der Waals surface area contributed by atoms with Crippen LogP contribution in [0.25, 0.3) is 5.82 Å². The number of nitrogens with one attached hydrogen (secondary N) is 2. The number of amides is 1. The van der Waals surface area contributed by atoms with E-state index in [1.54, 1.807) is 18.7 Å². The highest BCUT2D eigenvalue weighted by Gasteiger charge is 2.57. The quantitative estimate of drug-likeness (QED) is 0.871. The Morgan fingerprint density at radius 3 is 2.71 bits per heavy atom. The number of hydrogen-bond acceptors (Lipinski definition) is 4. The van der Waals surface area contributed by atoms with Gasteiger partial charge in [0.2, 0.25) is 5.91 Å². The molecule has 1 saturated heterocycles. The summed E-state index contributed by atoms with van der Waals surface area (Å²) in [7, 11) is 0. The van der Waals surface area contributed by atoms with Gasteiger partial charge < -0.3 is 10.6 Å². The molecule has 24 heavy (non-hydrogen) atoms. The zero-order valence-corrected chi connectivity index (χ0v) is 14.8. The van der Waals surface area contributed by atoms with Crippen LogP contribution >= 0.6 is 24.8 Å². The van der Waals surface area contributed by atoms with Crippen LogP contribution in [-0.4, -0.2) is 33.5 Å². The minimum Gasteiger partial charge on any atom is -0.324 e. The molecule has 3 heterocycles. The van der Waals surface area contributed by atoms with Crippen molar-refractivity contribution < 1.29 is 4.79 Å². The van der Waals surface area contributed by atoms with E-state index in [4.69, 9.17) is 0 Å². The number of pyridine rings is 1. The number of imidazole rings is 1. The van der Waals surface area contributed by atoms with E-state index in [2.05, 4.69) is 20.6 Å². The van der Waals surface area contributed by atoms with Crippen molar-refractivity contribution in [2.45, 2.75) is 19.3 Å². The highest BCUT2D eigenvalue weighted by Crippen LogP contribution is 2.58. The van der Waals surface area contributed by atoms with Crippen molar-refractivity contribution in [3.63, 3.8) is 0 Å². The van der Waals surface area contributed by atoms with E-state index in [1.807, 2.05) is 22.9 Å². The number of anilines is 1. The predicted molar refractivity (Wildman–Crippen MR) is 97.1 cm³/mol. The molecule has 6 nitrogen and oxygen atoms in total. The molecule has 1 unspecified atom stereocenters. The fourth-order valence-electron chi connectivity index (χ4n) is 3.43. The van der Waals surface area contributed by atoms with Crippen LogP contribution in [-0.2, 0) is 4.79 Å². The van der Waals surface area contributed by atoms with Gasteiger partial charge in [0.05, 0.1) is 11.9 Å². The first-order valence-corrected chi connectivity index (χ1v) is 7.73. The summed E-state index contributed by atoms with van der Waals surface area (Å²) in [4.78, 5) is 20.7. The second kappa shape index (κ2) is 7.51. The molecule has 2 aromatic rings. The number of hydrogen-bond donors (Lipinski definition) is 2. The Balaban J connectivity index is 0.00000104. The van der Waals surface area contributed by atoms with E-state index in [0.717, 1.165) is 43.9 Å². The van der Waals surface area contributed by atoms with Crippen LogP contribution in [0.4, 0.5) is 5.69 Å². The number of carbonyl (C=O) groups is 1. The standard InChI is InChI=1S/C16H19N5O.2ClH/c22-15(13-9-16(13)3-5-17-6-4-16)20-12-1-2-14(19-10-12)21-8-7-18-11-21;;/h1-2,7-8,10-11,13,17H,3-6,9H2,(H,20,22);2*1H. The summed E-state index contributed by atoms with van der Waals surface area (Å²) in [6.45, 7) is 2.07. The van der Waals surface area contributed by atoms with Crippen LogP contribution in [0.1, 0.15) is 19.3 Å². The maximum atomic E-state index is 12.4. The molecule has 2 fully saturated rings. The van der Waals surface area contributed by atoms with Crippen LogP contribution in [0.2, 0.25) is 0 Å². The molecule has 1 aliphatic heterocycles. The Morgan fingerprint density at radius 2 is 2.08 bits per heavy atom. The average molecular weight is 370 g/mol. The highest BCUT2D eigenvalue weighted by molar-refractivity contribution is 5.95. The first-order chi connectivity index (χ1) is 10.8. The second-order valence-electron chi connectivity index (χ2n) is 6.23. The third-order valence-corrected chi connectivity index (χ3v) is 4.89. The Labute approximate surface area is 153 Å². The zero-order valence-electron chi connectivity index (χ0n) is 13.1. The van der Waals surface area contributed by atoms with Gasteiger partial charge in [-0.1, -0.05) is 0 Å². The van der Waals surface area contributed by atoms with Crippen molar-refractivity contribution in [1.82, 2.24) is 19.9 Å². The van der Waals surface area contributed by atoms with E-state index in [9.17, 15) is 4.79 Å². The number of aromatic nitrogens is 3. The summed E-state index contributed by atoms with van der Waals surface area (Å²) in [5.74, 6) is 1.10. The van der Waals surface area contributed by atoms with Crippen molar-refractivity contribution in [2.24, 2.45) is 11.3 Å². The van der Waals surface area contributed by atoms with E-state index in [-0.39, 0.29) is 42.1 Å². The van der Waals surface area contributed by atoms with Gasteiger partial charge in [0, 0.05) is 18.3 Å². The topological polar surface area (TPSA) is 71.8 Å². The van der Waals surface area contributed by atoms with Gasteiger partial charge in [0.25, 0.3) is 0 Å². The summed E-state index contributed by atoms with van der Waals surface area (Å²) in [5, 5.41) is 6.36. The van der Waals surface area contributed by atoms with Gasteiger partial charge in [-0.3, -0.25) is 9.36 Å². The van der Waals surface area contributed by atoms with E-state index < -0.39 is 0 Å². The van der Waals surface area contributed by atoms with Crippen molar-refractivity contribution >= 4 is 36.4 Å². The van der Waals surface area contributed by atoms with Crippen molar-refractivity contribution in [1.29, 1.82) is 0 Å². The van der Waals surface area contributed by atoms with Crippen LogP contribution in [0, 0.1) is 11.3 Å². The van der Waals surface area contributed by atoms with Crippen LogP contribution in [0.3, 0.4) is 0 Å². The number of carbonyl (C=O) groups excluding carboxylic acids is 1. The third-order valence-electron chi connectivity index (χ3n) is 4.89. The van der Waals surface area contributed by atoms with Gasteiger partial charge >= 0.3 is 0 Å². The summed E-state index contributed by atoms with van der Waals surface area (Å²) in [5.41, 5.74) is 1.02. The summed E-state index contributed by atoms with van der Waals surface area (Å²) >= 11 is 0. The normalized spacial score (nSPS) is 20.6. The lowest BCUT2D eigenvalue weighted by Crippen LogP contribution is -2.31. The molecular formula is C16H21Cl2N5O. The maximum Gasteiger partial charge on any atom is 0.228 e. The number of halogens is 2. The fraction of sp³-hybridized carbons (Fsp3) is 0.438. The summed E-state index contributed by atoms with van der Waals surface area (Å²) in [6.07, 6.45) is 10.2. The molecule has 0 aromatic carbocycles. The molecule has 130 valence electrons. The minimum absolute atomic E-state index is 0. The summed E-state index contributed by atoms with van der Waals surface area (Å²) in [6, 6.07) is 3.77. The molecule has 8 heteroatoms. The van der Waals surface area contributed by atoms with Gasteiger partial charge in [-0.2, -0.15) is 0 Å². The molecule has 2 aromatic heterocycles. The second-order valence-corrected chi connectivity index (χ2v) is 6.23. The molecule has 1 saturated carbocycles. The van der Waals surface area contributed by atoms with E-state index in [0.29, 0.717) is 0 Å². The van der Waals surface area contributed by atoms with Gasteiger partial charge in [0.15, 0.2) is 0 Å². The smallest absolute Gasteiger partial charge is 0.228 e. The number of piperidine rings is 1. The fourth-order valence-corrected chi connectivity index (χ4v) is 3.43. The van der Waals surface area contributed by atoms with Crippen molar-refractivity contribution in [3.05, 3.63) is 37.1 Å². The number of rotatable bonds is 3. The molecule has 0 bridgehead atoms. The minimum atomic E-state index is 0. The first kappa shape index (κ1) is 18.7. The Kier molecular flexibility index (Phi) is 5.85. The molecule has 1 atom stereocenters. The van der Waals surface area contributed by atoms with Crippen molar-refractivity contribution in [3.8, 4) is 5.82 Å². The molecule has 4 rings (SSSR count). The molecule has 1 aliphatic carbocycles. The molecule has 2 N–H and O–H groups in total. The van der Waals surface area contributed by atoms with E-state index >= 15 is 0 Å². The average Bonchev–Trinajstić information content (AvgIpc) is 3.00. The van der Waals surface area contributed by atoms with Gasteiger partial charge in [-0.05, 0) is 49.9 Å². The molecular weight excluding hydrogens is 349 g/mol. The van der Waals surface area contributed by atoms with Crippen LogP contribution in [0.5, 0.6) is 0 Å². The molecule has 1 spiro atoms. The zero-order chi connectivity index (χ0) is 15.0. The Bertz CT molecular complexity index is 668. The molecule has 0 radical (unpaired) electrons. The highest BCUT2D eigenvalue weighted by atomic mass is 35.5. The van der Waals surface area contributed by atoms with Gasteiger partial charge in [0.1, 0.15) is 12.1 Å². The van der Waals surface area contributed by atoms with Gasteiger partial charge in [-0.15, -0.1) is 24.8 Å². The molecule has 1 amide bonds. The predicted octanol–water partition coefficient (Wildman–Crippen LogP) is 2.44. The lowest BCUT2D eigenvalue weighted by atomic mass is 9.92. The monoisotopic (exact) mass is 369 g/mol. The summed E-state index contributed by atoms with van der Waals surface area (Å²) < 4.78 is 1.83. The lowest BCUT2D eigenvalue weighted by molar-refractivity contribution is -0.118. The molecule has 2 aliphatic rings. The number of nitrogens with zero attached hydrogens (tertiary/aromatic N) is 3. The van der Waals surface area contributed by atoms with E-state index in [1.165, 1.54) is 0 Å². The van der Waals surface area contributed by atoms with Crippen LogP contribution < -0.4 is 10.6 Å². The maximum absolute atomic E-state index is 12.4. The third kappa shape index (κ3) is 3.55. The van der Waals surface area contributed by atoms with Gasteiger partial charge in [-0.25, -0.2) is 9.97 Å². The Hall–Kier alpha value is -1.63. The SMILES string of the molecule is Cl.Cl.O=C(Nc1ccc(-n2ccnc2)nc1)C1CC12CCNCC2. The van der Waals surface area contributed by atoms with Crippen LogP contribution in [0.15, 0.2) is 37.1 Å².